The first kappa shape index (κ1) is 14.3. The van der Waals surface area contributed by atoms with E-state index in [4.69, 9.17) is 4.42 Å². The van der Waals surface area contributed by atoms with E-state index in [9.17, 15) is 0 Å². The van der Waals surface area contributed by atoms with Gasteiger partial charge in [-0.25, -0.2) is 4.98 Å². The Kier molecular flexibility index (Phi) is 3.83. The molecule has 3 aromatic rings. The summed E-state index contributed by atoms with van der Waals surface area (Å²) in [4.78, 5) is 4.43. The van der Waals surface area contributed by atoms with Gasteiger partial charge in [-0.1, -0.05) is 25.1 Å². The molecule has 0 aliphatic rings. The lowest BCUT2D eigenvalue weighted by molar-refractivity contribution is 0.397. The van der Waals surface area contributed by atoms with E-state index in [0.29, 0.717) is 0 Å². The van der Waals surface area contributed by atoms with E-state index in [2.05, 4.69) is 43.2 Å². The molecular formula is C17H20N2OS. The second-order valence-electron chi connectivity index (χ2n) is 5.67. The molecule has 0 amide bonds. The first-order valence-electron chi connectivity index (χ1n) is 7.26. The van der Waals surface area contributed by atoms with Gasteiger partial charge in [-0.2, -0.15) is 0 Å². The summed E-state index contributed by atoms with van der Waals surface area (Å²) >= 11 is 1.68. The minimum Gasteiger partial charge on any atom is -0.461 e. The van der Waals surface area contributed by atoms with Crippen molar-refractivity contribution < 1.29 is 4.42 Å². The van der Waals surface area contributed by atoms with Crippen molar-refractivity contribution in [3.05, 3.63) is 52.2 Å². The van der Waals surface area contributed by atoms with E-state index < -0.39 is 0 Å². The Morgan fingerprint density at radius 1 is 1.29 bits per heavy atom. The van der Waals surface area contributed by atoms with Gasteiger partial charge >= 0.3 is 0 Å². The molecule has 2 aromatic heterocycles. The maximum atomic E-state index is 5.95. The molecule has 0 bridgehead atoms. The number of furan rings is 1. The molecular weight excluding hydrogens is 280 g/mol. The lowest BCUT2D eigenvalue weighted by Crippen LogP contribution is -2.36. The van der Waals surface area contributed by atoms with Gasteiger partial charge in [-0.05, 0) is 19.9 Å². The van der Waals surface area contributed by atoms with Gasteiger partial charge in [0.2, 0.25) is 0 Å². The number of fused-ring (bicyclic) bond motifs is 1. The average Bonchev–Trinajstić information content (AvgIpc) is 3.13. The Morgan fingerprint density at radius 2 is 2.10 bits per heavy atom. The molecule has 21 heavy (non-hydrogen) atoms. The largest absolute Gasteiger partial charge is 0.461 e. The van der Waals surface area contributed by atoms with Gasteiger partial charge in [0.1, 0.15) is 16.4 Å². The summed E-state index contributed by atoms with van der Waals surface area (Å²) < 4.78 is 5.95. The summed E-state index contributed by atoms with van der Waals surface area (Å²) in [5.74, 6) is 1.07. The van der Waals surface area contributed by atoms with Crippen LogP contribution in [0.4, 0.5) is 0 Å². The normalized spacial score (nSPS) is 12.1. The molecule has 0 unspecified atom stereocenters. The second kappa shape index (κ2) is 5.62. The van der Waals surface area contributed by atoms with Crippen molar-refractivity contribution in [1.29, 1.82) is 0 Å². The molecule has 3 nitrogen and oxygen atoms in total. The molecule has 0 fully saturated rings. The van der Waals surface area contributed by atoms with Crippen LogP contribution in [-0.2, 0) is 18.5 Å². The van der Waals surface area contributed by atoms with Gasteiger partial charge in [-0.15, -0.1) is 11.3 Å². The van der Waals surface area contributed by atoms with Gasteiger partial charge in [0.25, 0.3) is 0 Å². The van der Waals surface area contributed by atoms with Crippen LogP contribution in [0.5, 0.6) is 0 Å². The van der Waals surface area contributed by atoms with E-state index in [1.807, 2.05) is 23.7 Å². The number of para-hydroxylation sites is 1. The third-order valence-electron chi connectivity index (χ3n) is 3.78. The molecule has 4 heteroatoms. The fraction of sp³-hybridized carbons (Fsp3) is 0.353. The zero-order chi connectivity index (χ0) is 14.9. The molecule has 0 saturated heterocycles. The molecule has 1 aromatic carbocycles. The van der Waals surface area contributed by atoms with Gasteiger partial charge in [0.05, 0.1) is 5.54 Å². The van der Waals surface area contributed by atoms with Crippen molar-refractivity contribution in [1.82, 2.24) is 10.3 Å². The van der Waals surface area contributed by atoms with Crippen LogP contribution in [-0.4, -0.2) is 4.98 Å². The Balaban J connectivity index is 1.88. The summed E-state index contributed by atoms with van der Waals surface area (Å²) in [5.41, 5.74) is 2.09. The first-order chi connectivity index (χ1) is 10.1. The number of aromatic nitrogens is 1. The van der Waals surface area contributed by atoms with E-state index in [1.54, 1.807) is 11.3 Å². The van der Waals surface area contributed by atoms with Crippen LogP contribution in [0.2, 0.25) is 0 Å². The minimum atomic E-state index is -0.141. The quantitative estimate of drug-likeness (QED) is 0.755. The second-order valence-corrected chi connectivity index (χ2v) is 6.56. The zero-order valence-electron chi connectivity index (χ0n) is 12.6. The first-order valence-corrected chi connectivity index (χ1v) is 8.14. The van der Waals surface area contributed by atoms with Crippen LogP contribution < -0.4 is 5.32 Å². The molecule has 1 N–H and O–H groups in total. The van der Waals surface area contributed by atoms with Crippen molar-refractivity contribution in [3.8, 4) is 0 Å². The average molecular weight is 300 g/mol. The zero-order valence-corrected chi connectivity index (χ0v) is 13.5. The Hall–Kier alpha value is -1.65. The van der Waals surface area contributed by atoms with Crippen molar-refractivity contribution in [2.75, 3.05) is 0 Å². The fourth-order valence-electron chi connectivity index (χ4n) is 2.55. The van der Waals surface area contributed by atoms with Crippen molar-refractivity contribution >= 4 is 22.3 Å². The highest BCUT2D eigenvalue weighted by molar-refractivity contribution is 7.09. The highest BCUT2D eigenvalue weighted by atomic mass is 32.1. The van der Waals surface area contributed by atoms with Gasteiger partial charge in [0, 0.05) is 35.5 Å². The smallest absolute Gasteiger partial charge is 0.134 e. The minimum absolute atomic E-state index is 0.141. The molecule has 110 valence electrons. The summed E-state index contributed by atoms with van der Waals surface area (Å²) in [7, 11) is 0. The van der Waals surface area contributed by atoms with Crippen LogP contribution >= 0.6 is 11.3 Å². The molecule has 0 spiro atoms. The van der Waals surface area contributed by atoms with Crippen LogP contribution in [0, 0.1) is 0 Å². The molecule has 3 rings (SSSR count). The number of aryl methyl sites for hydroxylation is 1. The van der Waals surface area contributed by atoms with Crippen molar-refractivity contribution in [3.63, 3.8) is 0 Å². The van der Waals surface area contributed by atoms with Crippen molar-refractivity contribution in [2.45, 2.75) is 39.3 Å². The number of hydrogen-bond acceptors (Lipinski definition) is 4. The summed E-state index contributed by atoms with van der Waals surface area (Å²) in [6.07, 6.45) is 2.76. The molecule has 0 aliphatic carbocycles. The Labute approximate surface area is 129 Å². The third kappa shape index (κ3) is 2.74. The SMILES string of the molecule is CCc1oc2ccccc2c1CNC(C)(C)c1nccs1. The number of hydrogen-bond donors (Lipinski definition) is 1. The summed E-state index contributed by atoms with van der Waals surface area (Å²) in [5, 5.41) is 7.95. The highest BCUT2D eigenvalue weighted by Crippen LogP contribution is 2.28. The van der Waals surface area contributed by atoms with Crippen LogP contribution in [0.3, 0.4) is 0 Å². The molecule has 0 saturated carbocycles. The highest BCUT2D eigenvalue weighted by Gasteiger charge is 2.24. The topological polar surface area (TPSA) is 38.1 Å². The third-order valence-corrected chi connectivity index (χ3v) is 4.87. The maximum Gasteiger partial charge on any atom is 0.134 e. The van der Waals surface area contributed by atoms with E-state index in [1.165, 1.54) is 10.9 Å². The standard InChI is InChI=1S/C17H20N2OS/c1-4-14-13(12-7-5-6-8-15(12)20-14)11-19-17(2,3)16-18-9-10-21-16/h5-10,19H,4,11H2,1-3H3. The van der Waals surface area contributed by atoms with Crippen LogP contribution in [0.25, 0.3) is 11.0 Å². The molecule has 2 heterocycles. The maximum absolute atomic E-state index is 5.95. The van der Waals surface area contributed by atoms with E-state index in [0.717, 1.165) is 29.3 Å². The van der Waals surface area contributed by atoms with Crippen molar-refractivity contribution in [2.24, 2.45) is 0 Å². The van der Waals surface area contributed by atoms with E-state index in [-0.39, 0.29) is 5.54 Å². The van der Waals surface area contributed by atoms with Gasteiger partial charge in [-0.3, -0.25) is 0 Å². The Bertz CT molecular complexity index is 728. The molecule has 0 aliphatic heterocycles. The van der Waals surface area contributed by atoms with Gasteiger partial charge < -0.3 is 9.73 Å². The lowest BCUT2D eigenvalue weighted by atomic mass is 10.0. The fourth-order valence-corrected chi connectivity index (χ4v) is 3.29. The van der Waals surface area contributed by atoms with Crippen LogP contribution in [0.15, 0.2) is 40.3 Å². The molecule has 0 atom stereocenters. The lowest BCUT2D eigenvalue weighted by Gasteiger charge is -2.24. The summed E-state index contributed by atoms with van der Waals surface area (Å²) in [6.45, 7) is 7.25. The number of benzene rings is 1. The number of rotatable bonds is 5. The summed E-state index contributed by atoms with van der Waals surface area (Å²) in [6, 6.07) is 8.24. The number of thiazole rings is 1. The van der Waals surface area contributed by atoms with E-state index >= 15 is 0 Å². The number of nitrogens with zero attached hydrogens (tertiary/aromatic N) is 1. The monoisotopic (exact) mass is 300 g/mol. The van der Waals surface area contributed by atoms with Crippen LogP contribution in [0.1, 0.15) is 37.1 Å². The predicted octanol–water partition coefficient (Wildman–Crippen LogP) is 4.48. The molecule has 0 radical (unpaired) electrons. The Morgan fingerprint density at radius 3 is 2.81 bits per heavy atom. The number of nitrogens with one attached hydrogen (secondary N) is 1. The predicted molar refractivity (Wildman–Crippen MR) is 87.6 cm³/mol. The van der Waals surface area contributed by atoms with Gasteiger partial charge in [0.15, 0.2) is 0 Å².